The van der Waals surface area contributed by atoms with Crippen LogP contribution in [0, 0.1) is 0 Å². The summed E-state index contributed by atoms with van der Waals surface area (Å²) in [6.45, 7) is 7.03. The van der Waals surface area contributed by atoms with Crippen molar-refractivity contribution in [2.75, 3.05) is 6.61 Å². The lowest BCUT2D eigenvalue weighted by atomic mass is 10.2. The molecule has 0 aliphatic carbocycles. The molecule has 0 aromatic heterocycles. The van der Waals surface area contributed by atoms with Crippen LogP contribution in [-0.2, 0) is 20.6 Å². The first-order chi connectivity index (χ1) is 6.99. The molecule has 2 unspecified atom stereocenters. The van der Waals surface area contributed by atoms with Gasteiger partial charge in [-0.15, -0.1) is 0 Å². The van der Waals surface area contributed by atoms with E-state index in [0.29, 0.717) is 18.4 Å². The molecule has 0 saturated heterocycles. The van der Waals surface area contributed by atoms with Crippen molar-refractivity contribution >= 4 is 17.0 Å². The number of carbonyl (C=O) groups is 1. The summed E-state index contributed by atoms with van der Waals surface area (Å²) in [6.07, 6.45) is 1.75. The van der Waals surface area contributed by atoms with Crippen molar-refractivity contribution in [3.63, 3.8) is 0 Å². The fourth-order valence-electron chi connectivity index (χ4n) is 1.07. The average Bonchev–Trinajstić information content (AvgIpc) is 2.15. The second kappa shape index (κ2) is 7.59. The molecule has 0 saturated carbocycles. The summed E-state index contributed by atoms with van der Waals surface area (Å²) in [5.41, 5.74) is 0.324. The predicted molar refractivity (Wildman–Crippen MR) is 58.0 cm³/mol. The number of carbonyl (C=O) groups excluding carboxylic acids is 1. The molecule has 0 rings (SSSR count). The van der Waals surface area contributed by atoms with Crippen LogP contribution in [-0.4, -0.2) is 26.6 Å². The van der Waals surface area contributed by atoms with Crippen molar-refractivity contribution < 1.29 is 18.3 Å². The Morgan fingerprint density at radius 1 is 1.53 bits per heavy atom. The molecular weight excluding hydrogens is 216 g/mol. The lowest BCUT2D eigenvalue weighted by molar-refractivity contribution is -0.139. The van der Waals surface area contributed by atoms with E-state index in [1.165, 1.54) is 0 Å². The highest BCUT2D eigenvalue weighted by Crippen LogP contribution is 2.08. The highest BCUT2D eigenvalue weighted by molar-refractivity contribution is 7.79. The van der Waals surface area contributed by atoms with E-state index in [4.69, 9.17) is 4.74 Å². The lowest BCUT2D eigenvalue weighted by Crippen LogP contribution is -2.18. The summed E-state index contributed by atoms with van der Waals surface area (Å²) < 4.78 is 26.3. The van der Waals surface area contributed by atoms with Crippen LogP contribution in [0.25, 0.3) is 0 Å². The van der Waals surface area contributed by atoms with Gasteiger partial charge >= 0.3 is 5.97 Å². The molecule has 0 aliphatic heterocycles. The van der Waals surface area contributed by atoms with Gasteiger partial charge in [-0.2, -0.15) is 0 Å². The van der Waals surface area contributed by atoms with Crippen LogP contribution in [0.15, 0.2) is 12.2 Å². The van der Waals surface area contributed by atoms with Gasteiger partial charge in [0, 0.05) is 10.8 Å². The second-order valence-corrected chi connectivity index (χ2v) is 4.56. The third-order valence-electron chi connectivity index (χ3n) is 1.90. The first kappa shape index (κ1) is 14.3. The number of hydrogen-bond acceptors (Lipinski definition) is 4. The standard InChI is InChI=1S/C10H18O4S/c1-4-5-9(15(12)13)6-7-14-10(11)8(2)3/h9H,2,4-7H2,1,3H3,(H,12,13)/p-1. The molecule has 4 nitrogen and oxygen atoms in total. The van der Waals surface area contributed by atoms with Crippen LogP contribution < -0.4 is 0 Å². The van der Waals surface area contributed by atoms with Gasteiger partial charge < -0.3 is 9.29 Å². The molecule has 0 spiro atoms. The Hall–Kier alpha value is -0.680. The first-order valence-electron chi connectivity index (χ1n) is 4.89. The van der Waals surface area contributed by atoms with Gasteiger partial charge in [0.25, 0.3) is 0 Å². The minimum Gasteiger partial charge on any atom is -0.772 e. The smallest absolute Gasteiger partial charge is 0.333 e. The summed E-state index contributed by atoms with van der Waals surface area (Å²) in [5, 5.41) is -0.423. The van der Waals surface area contributed by atoms with Crippen molar-refractivity contribution in [2.24, 2.45) is 0 Å². The molecule has 88 valence electrons. The second-order valence-electron chi connectivity index (χ2n) is 3.38. The Bertz CT molecular complexity index is 250. The maximum absolute atomic E-state index is 11.0. The molecule has 0 N–H and O–H groups in total. The van der Waals surface area contributed by atoms with E-state index < -0.39 is 22.3 Å². The lowest BCUT2D eigenvalue weighted by Gasteiger charge is -2.18. The van der Waals surface area contributed by atoms with Crippen LogP contribution in [0.4, 0.5) is 0 Å². The molecule has 0 fully saturated rings. The number of ether oxygens (including phenoxy) is 1. The zero-order valence-electron chi connectivity index (χ0n) is 9.15. The number of esters is 1. The van der Waals surface area contributed by atoms with E-state index in [-0.39, 0.29) is 6.61 Å². The van der Waals surface area contributed by atoms with Crippen molar-refractivity contribution in [1.82, 2.24) is 0 Å². The Kier molecular flexibility index (Phi) is 7.25. The topological polar surface area (TPSA) is 66.4 Å². The van der Waals surface area contributed by atoms with E-state index in [2.05, 4.69) is 6.58 Å². The van der Waals surface area contributed by atoms with Crippen LogP contribution >= 0.6 is 0 Å². The summed E-state index contributed by atoms with van der Waals surface area (Å²) in [5.74, 6) is -0.470. The van der Waals surface area contributed by atoms with E-state index in [1.54, 1.807) is 6.92 Å². The van der Waals surface area contributed by atoms with Gasteiger partial charge in [0.2, 0.25) is 0 Å². The van der Waals surface area contributed by atoms with Gasteiger partial charge in [0.05, 0.1) is 6.61 Å². The molecule has 0 heterocycles. The Morgan fingerprint density at radius 3 is 2.53 bits per heavy atom. The maximum Gasteiger partial charge on any atom is 0.333 e. The van der Waals surface area contributed by atoms with Gasteiger partial charge in [-0.1, -0.05) is 31.0 Å². The van der Waals surface area contributed by atoms with Gasteiger partial charge in [-0.3, -0.25) is 4.21 Å². The van der Waals surface area contributed by atoms with Crippen molar-refractivity contribution in [1.29, 1.82) is 0 Å². The Morgan fingerprint density at radius 2 is 2.13 bits per heavy atom. The van der Waals surface area contributed by atoms with Crippen molar-refractivity contribution in [2.45, 2.75) is 38.4 Å². The third kappa shape index (κ3) is 6.41. The molecule has 0 bridgehead atoms. The van der Waals surface area contributed by atoms with Gasteiger partial charge in [-0.05, 0) is 19.8 Å². The Labute approximate surface area is 93.0 Å². The highest BCUT2D eigenvalue weighted by atomic mass is 32.2. The maximum atomic E-state index is 11.0. The molecule has 5 heteroatoms. The number of hydrogen-bond donors (Lipinski definition) is 0. The highest BCUT2D eigenvalue weighted by Gasteiger charge is 2.10. The fourth-order valence-corrected chi connectivity index (χ4v) is 1.78. The normalized spacial score (nSPS) is 14.3. The molecule has 2 atom stereocenters. The molecule has 0 radical (unpaired) electrons. The minimum absolute atomic E-state index is 0.129. The molecule has 0 aromatic rings. The molecule has 0 aromatic carbocycles. The summed E-state index contributed by atoms with van der Waals surface area (Å²) >= 11 is -2.09. The van der Waals surface area contributed by atoms with E-state index in [1.807, 2.05) is 6.92 Å². The van der Waals surface area contributed by atoms with Crippen LogP contribution in [0.5, 0.6) is 0 Å². The summed E-state index contributed by atoms with van der Waals surface area (Å²) in [4.78, 5) is 11.0. The quantitative estimate of drug-likeness (QED) is 0.380. The predicted octanol–water partition coefficient (Wildman–Crippen LogP) is 1.54. The Balaban J connectivity index is 3.85. The molecular formula is C10H17O4S-. The van der Waals surface area contributed by atoms with Crippen molar-refractivity contribution in [3.05, 3.63) is 12.2 Å². The van der Waals surface area contributed by atoms with Crippen LogP contribution in [0.2, 0.25) is 0 Å². The number of rotatable bonds is 7. The SMILES string of the molecule is C=C(C)C(=O)OCCC(CCC)S(=O)[O-]. The zero-order valence-corrected chi connectivity index (χ0v) is 9.97. The summed E-state index contributed by atoms with van der Waals surface area (Å²) in [7, 11) is 0. The molecule has 15 heavy (non-hydrogen) atoms. The fraction of sp³-hybridized carbons (Fsp3) is 0.700. The van der Waals surface area contributed by atoms with E-state index in [9.17, 15) is 13.6 Å². The van der Waals surface area contributed by atoms with E-state index in [0.717, 1.165) is 6.42 Å². The summed E-state index contributed by atoms with van der Waals surface area (Å²) in [6, 6.07) is 0. The van der Waals surface area contributed by atoms with Gasteiger partial charge in [0.15, 0.2) is 0 Å². The van der Waals surface area contributed by atoms with Crippen LogP contribution in [0.1, 0.15) is 33.1 Å². The first-order valence-corrected chi connectivity index (χ1v) is 6.03. The van der Waals surface area contributed by atoms with Gasteiger partial charge in [-0.25, -0.2) is 4.79 Å². The molecule has 0 aliphatic rings. The van der Waals surface area contributed by atoms with Crippen LogP contribution in [0.3, 0.4) is 0 Å². The van der Waals surface area contributed by atoms with Crippen molar-refractivity contribution in [3.8, 4) is 0 Å². The average molecular weight is 233 g/mol. The third-order valence-corrected chi connectivity index (χ3v) is 2.92. The molecule has 0 amide bonds. The zero-order chi connectivity index (χ0) is 11.8. The van der Waals surface area contributed by atoms with E-state index >= 15 is 0 Å². The largest absolute Gasteiger partial charge is 0.772 e. The minimum atomic E-state index is -2.09. The van der Waals surface area contributed by atoms with Gasteiger partial charge in [0.1, 0.15) is 0 Å². The monoisotopic (exact) mass is 233 g/mol.